The number of carbonyl (C=O) groups is 1. The second-order valence-corrected chi connectivity index (χ2v) is 3.82. The molecule has 0 radical (unpaired) electrons. The van der Waals surface area contributed by atoms with E-state index in [1.165, 1.54) is 0 Å². The molecule has 0 aliphatic carbocycles. The SMILES string of the molecule is CCOc1cccc(NOC(=O)c2ccccc2)c1. The van der Waals surface area contributed by atoms with E-state index >= 15 is 0 Å². The predicted molar refractivity (Wildman–Crippen MR) is 73.1 cm³/mol. The summed E-state index contributed by atoms with van der Waals surface area (Å²) in [5.74, 6) is 0.297. The number of hydrogen-bond acceptors (Lipinski definition) is 4. The second-order valence-electron chi connectivity index (χ2n) is 3.82. The summed E-state index contributed by atoms with van der Waals surface area (Å²) >= 11 is 0. The maximum atomic E-state index is 11.7. The first-order valence-corrected chi connectivity index (χ1v) is 6.04. The van der Waals surface area contributed by atoms with E-state index in [1.807, 2.05) is 25.1 Å². The number of anilines is 1. The van der Waals surface area contributed by atoms with Crippen LogP contribution in [0.15, 0.2) is 54.6 Å². The molecule has 0 fully saturated rings. The van der Waals surface area contributed by atoms with Gasteiger partial charge in [-0.2, -0.15) is 0 Å². The molecule has 4 heteroatoms. The van der Waals surface area contributed by atoms with Crippen molar-refractivity contribution in [1.29, 1.82) is 0 Å². The fourth-order valence-corrected chi connectivity index (χ4v) is 1.55. The summed E-state index contributed by atoms with van der Waals surface area (Å²) in [6.45, 7) is 2.50. The Morgan fingerprint density at radius 1 is 1.11 bits per heavy atom. The van der Waals surface area contributed by atoms with Crippen LogP contribution in [0.3, 0.4) is 0 Å². The number of benzene rings is 2. The number of carbonyl (C=O) groups excluding carboxylic acids is 1. The van der Waals surface area contributed by atoms with Gasteiger partial charge in [0.05, 0.1) is 17.9 Å². The van der Waals surface area contributed by atoms with Crippen LogP contribution < -0.4 is 10.2 Å². The van der Waals surface area contributed by atoms with E-state index < -0.39 is 5.97 Å². The summed E-state index contributed by atoms with van der Waals surface area (Å²) in [5, 5.41) is 0. The van der Waals surface area contributed by atoms with Gasteiger partial charge in [-0.1, -0.05) is 24.3 Å². The number of ether oxygens (including phenoxy) is 1. The molecule has 0 aliphatic heterocycles. The zero-order chi connectivity index (χ0) is 13.5. The van der Waals surface area contributed by atoms with Crippen LogP contribution in [-0.2, 0) is 4.84 Å². The summed E-state index contributed by atoms with van der Waals surface area (Å²) < 4.78 is 5.36. The topological polar surface area (TPSA) is 47.6 Å². The lowest BCUT2D eigenvalue weighted by molar-refractivity contribution is 0.0596. The zero-order valence-corrected chi connectivity index (χ0v) is 10.6. The van der Waals surface area contributed by atoms with Gasteiger partial charge in [0, 0.05) is 6.07 Å². The van der Waals surface area contributed by atoms with Crippen molar-refractivity contribution in [2.24, 2.45) is 0 Å². The van der Waals surface area contributed by atoms with Crippen molar-refractivity contribution in [1.82, 2.24) is 0 Å². The molecule has 1 N–H and O–H groups in total. The molecule has 0 aliphatic rings. The largest absolute Gasteiger partial charge is 0.494 e. The van der Waals surface area contributed by atoms with E-state index in [-0.39, 0.29) is 0 Å². The summed E-state index contributed by atoms with van der Waals surface area (Å²) in [6, 6.07) is 16.0. The smallest absolute Gasteiger partial charge is 0.362 e. The molecule has 0 saturated carbocycles. The Hall–Kier alpha value is -2.49. The quantitative estimate of drug-likeness (QED) is 0.835. The van der Waals surface area contributed by atoms with Crippen LogP contribution in [0.4, 0.5) is 5.69 Å². The lowest BCUT2D eigenvalue weighted by Gasteiger charge is -2.08. The summed E-state index contributed by atoms with van der Waals surface area (Å²) in [5.41, 5.74) is 3.77. The molecule has 0 atom stereocenters. The maximum absolute atomic E-state index is 11.7. The average Bonchev–Trinajstić information content (AvgIpc) is 2.46. The van der Waals surface area contributed by atoms with E-state index in [2.05, 4.69) is 5.48 Å². The van der Waals surface area contributed by atoms with E-state index in [0.29, 0.717) is 17.9 Å². The highest BCUT2D eigenvalue weighted by molar-refractivity contribution is 5.89. The van der Waals surface area contributed by atoms with Gasteiger partial charge < -0.3 is 9.57 Å². The molecule has 2 rings (SSSR count). The van der Waals surface area contributed by atoms with Crippen LogP contribution in [-0.4, -0.2) is 12.6 Å². The molecule has 19 heavy (non-hydrogen) atoms. The third-order valence-corrected chi connectivity index (χ3v) is 2.42. The van der Waals surface area contributed by atoms with Gasteiger partial charge in [0.15, 0.2) is 0 Å². The predicted octanol–water partition coefficient (Wildman–Crippen LogP) is 3.27. The molecular weight excluding hydrogens is 242 g/mol. The van der Waals surface area contributed by atoms with E-state index in [9.17, 15) is 4.79 Å². The first-order valence-electron chi connectivity index (χ1n) is 6.04. The molecule has 0 amide bonds. The maximum Gasteiger partial charge on any atom is 0.362 e. The number of rotatable bonds is 5. The summed E-state index contributed by atoms with van der Waals surface area (Å²) in [7, 11) is 0. The Morgan fingerprint density at radius 2 is 1.89 bits per heavy atom. The molecule has 2 aromatic rings. The lowest BCUT2D eigenvalue weighted by Crippen LogP contribution is -2.10. The summed E-state index contributed by atoms with van der Waals surface area (Å²) in [6.07, 6.45) is 0. The Balaban J connectivity index is 1.95. The van der Waals surface area contributed by atoms with Gasteiger partial charge in [-0.25, -0.2) is 10.3 Å². The first-order chi connectivity index (χ1) is 9.29. The van der Waals surface area contributed by atoms with Crippen molar-refractivity contribution in [2.75, 3.05) is 12.1 Å². The van der Waals surface area contributed by atoms with Gasteiger partial charge in [0.25, 0.3) is 0 Å². The van der Waals surface area contributed by atoms with Crippen molar-refractivity contribution >= 4 is 11.7 Å². The normalized spacial score (nSPS) is 9.74. The van der Waals surface area contributed by atoms with Crippen LogP contribution in [0.2, 0.25) is 0 Å². The molecule has 0 heterocycles. The highest BCUT2D eigenvalue weighted by atomic mass is 16.7. The van der Waals surface area contributed by atoms with Gasteiger partial charge in [-0.05, 0) is 31.2 Å². The van der Waals surface area contributed by atoms with Gasteiger partial charge in [-0.15, -0.1) is 0 Å². The molecule has 0 unspecified atom stereocenters. The number of nitrogens with one attached hydrogen (secondary N) is 1. The van der Waals surface area contributed by atoms with Gasteiger partial charge in [0.1, 0.15) is 5.75 Å². The fourth-order valence-electron chi connectivity index (χ4n) is 1.55. The van der Waals surface area contributed by atoms with Crippen molar-refractivity contribution < 1.29 is 14.4 Å². The molecule has 0 bridgehead atoms. The van der Waals surface area contributed by atoms with Crippen molar-refractivity contribution in [3.8, 4) is 5.75 Å². The van der Waals surface area contributed by atoms with Crippen molar-refractivity contribution in [3.63, 3.8) is 0 Å². The Kier molecular flexibility index (Phi) is 4.39. The molecule has 0 spiro atoms. The van der Waals surface area contributed by atoms with Gasteiger partial charge in [0.2, 0.25) is 0 Å². The Labute approximate surface area is 111 Å². The second kappa shape index (κ2) is 6.44. The first kappa shape index (κ1) is 13.0. The third kappa shape index (κ3) is 3.74. The molecule has 0 aromatic heterocycles. The van der Waals surface area contributed by atoms with Crippen LogP contribution in [0, 0.1) is 0 Å². The van der Waals surface area contributed by atoms with Crippen LogP contribution >= 0.6 is 0 Å². The van der Waals surface area contributed by atoms with Crippen molar-refractivity contribution in [2.45, 2.75) is 6.92 Å². The lowest BCUT2D eigenvalue weighted by atomic mass is 10.2. The van der Waals surface area contributed by atoms with Gasteiger partial charge in [-0.3, -0.25) is 0 Å². The fraction of sp³-hybridized carbons (Fsp3) is 0.133. The monoisotopic (exact) mass is 257 g/mol. The van der Waals surface area contributed by atoms with E-state index in [4.69, 9.17) is 9.57 Å². The van der Waals surface area contributed by atoms with E-state index in [0.717, 1.165) is 5.75 Å². The van der Waals surface area contributed by atoms with Crippen molar-refractivity contribution in [3.05, 3.63) is 60.2 Å². The van der Waals surface area contributed by atoms with Crippen LogP contribution in [0.5, 0.6) is 5.75 Å². The third-order valence-electron chi connectivity index (χ3n) is 2.42. The van der Waals surface area contributed by atoms with E-state index in [1.54, 1.807) is 36.4 Å². The molecule has 2 aromatic carbocycles. The highest BCUT2D eigenvalue weighted by Crippen LogP contribution is 2.17. The minimum Gasteiger partial charge on any atom is -0.494 e. The minimum absolute atomic E-state index is 0.428. The molecule has 4 nitrogen and oxygen atoms in total. The molecule has 98 valence electrons. The Morgan fingerprint density at radius 3 is 2.63 bits per heavy atom. The Bertz CT molecular complexity index is 540. The van der Waals surface area contributed by atoms with Crippen LogP contribution in [0.1, 0.15) is 17.3 Å². The van der Waals surface area contributed by atoms with Gasteiger partial charge >= 0.3 is 5.97 Å². The minimum atomic E-state index is -0.428. The highest BCUT2D eigenvalue weighted by Gasteiger charge is 2.06. The summed E-state index contributed by atoms with van der Waals surface area (Å²) in [4.78, 5) is 16.7. The zero-order valence-electron chi connectivity index (χ0n) is 10.6. The molecule has 0 saturated heterocycles. The number of hydrogen-bond donors (Lipinski definition) is 1. The van der Waals surface area contributed by atoms with Crippen LogP contribution in [0.25, 0.3) is 0 Å². The molecular formula is C15H15NO3. The standard InChI is InChI=1S/C15H15NO3/c1-2-18-14-10-6-9-13(11-14)16-19-15(17)12-7-4-3-5-8-12/h3-11,16H,2H2,1H3. The average molecular weight is 257 g/mol.